The number of aryl methyl sites for hydroxylation is 2. The minimum absolute atomic E-state index is 0.0410. The van der Waals surface area contributed by atoms with E-state index in [2.05, 4.69) is 4.99 Å². The molecule has 26 heavy (non-hydrogen) atoms. The average Bonchev–Trinajstić information content (AvgIpc) is 3.16. The van der Waals surface area contributed by atoms with Crippen LogP contribution in [0.2, 0.25) is 0 Å². The number of nitrogens with zero attached hydrogens (tertiary/aromatic N) is 2. The number of ketones is 1. The predicted octanol–water partition coefficient (Wildman–Crippen LogP) is 4.24. The first-order chi connectivity index (χ1) is 12.5. The maximum absolute atomic E-state index is 14.3. The van der Waals surface area contributed by atoms with Crippen LogP contribution in [0.3, 0.4) is 0 Å². The van der Waals surface area contributed by atoms with Crippen molar-refractivity contribution in [2.45, 2.75) is 13.8 Å². The Hall–Kier alpha value is -2.34. The van der Waals surface area contributed by atoms with E-state index in [1.54, 1.807) is 17.8 Å². The Morgan fingerprint density at radius 1 is 1.27 bits per heavy atom. The number of aliphatic imine (C=N–C) groups is 1. The van der Waals surface area contributed by atoms with Gasteiger partial charge in [0, 0.05) is 17.5 Å². The van der Waals surface area contributed by atoms with Gasteiger partial charge in [-0.2, -0.15) is 0 Å². The Kier molecular flexibility index (Phi) is 5.61. The second-order valence-corrected chi connectivity index (χ2v) is 7.22. The van der Waals surface area contributed by atoms with Crippen molar-refractivity contribution in [2.24, 2.45) is 4.99 Å². The van der Waals surface area contributed by atoms with Crippen LogP contribution >= 0.6 is 11.8 Å². The Labute approximate surface area is 157 Å². The van der Waals surface area contributed by atoms with Crippen molar-refractivity contribution in [1.82, 2.24) is 0 Å². The molecular weight excluding hydrogens is 351 g/mol. The highest BCUT2D eigenvalue weighted by atomic mass is 32.2. The fourth-order valence-electron chi connectivity index (χ4n) is 2.83. The van der Waals surface area contributed by atoms with Gasteiger partial charge in [0.2, 0.25) is 0 Å². The monoisotopic (exact) mass is 372 g/mol. The summed E-state index contributed by atoms with van der Waals surface area (Å²) < 4.78 is 19.3. The molecule has 2 aromatic rings. The highest BCUT2D eigenvalue weighted by Crippen LogP contribution is 2.28. The Morgan fingerprint density at radius 3 is 2.73 bits per heavy atom. The number of anilines is 1. The smallest absolute Gasteiger partial charge is 0.185 e. The topological polar surface area (TPSA) is 41.9 Å². The van der Waals surface area contributed by atoms with E-state index in [1.807, 2.05) is 36.9 Å². The fourth-order valence-corrected chi connectivity index (χ4v) is 3.70. The van der Waals surface area contributed by atoms with E-state index in [9.17, 15) is 9.18 Å². The van der Waals surface area contributed by atoms with Gasteiger partial charge in [0.15, 0.2) is 11.0 Å². The maximum Gasteiger partial charge on any atom is 0.185 e. The van der Waals surface area contributed by atoms with Crippen molar-refractivity contribution in [3.63, 3.8) is 0 Å². The zero-order valence-corrected chi connectivity index (χ0v) is 15.9. The molecule has 4 nitrogen and oxygen atoms in total. The lowest BCUT2D eigenvalue weighted by Crippen LogP contribution is -2.34. The molecule has 0 saturated carbocycles. The summed E-state index contributed by atoms with van der Waals surface area (Å²) in [6.45, 7) is 4.78. The predicted molar refractivity (Wildman–Crippen MR) is 105 cm³/mol. The minimum atomic E-state index is -0.573. The molecule has 0 fully saturated rings. The first kappa shape index (κ1) is 18.5. The third-order valence-electron chi connectivity index (χ3n) is 4.23. The maximum atomic E-state index is 14.3. The number of Topliss-reactive ketones (excluding diaryl/α,β-unsaturated/α-hetero) is 1. The van der Waals surface area contributed by atoms with Crippen molar-refractivity contribution in [2.75, 3.05) is 30.9 Å². The zero-order chi connectivity index (χ0) is 18.7. The minimum Gasteiger partial charge on any atom is -0.497 e. The lowest BCUT2D eigenvalue weighted by Gasteiger charge is -2.25. The lowest BCUT2D eigenvalue weighted by atomic mass is 10.1. The van der Waals surface area contributed by atoms with E-state index in [0.717, 1.165) is 34.3 Å². The van der Waals surface area contributed by atoms with Crippen LogP contribution in [-0.4, -0.2) is 36.9 Å². The molecular formula is C20H21FN2O2S. The highest BCUT2D eigenvalue weighted by Gasteiger charge is 2.24. The summed E-state index contributed by atoms with van der Waals surface area (Å²) in [4.78, 5) is 19.2. The number of rotatable bonds is 5. The molecule has 0 bridgehead atoms. The summed E-state index contributed by atoms with van der Waals surface area (Å²) >= 11 is 1.62. The van der Waals surface area contributed by atoms with Crippen LogP contribution < -0.4 is 9.64 Å². The molecule has 3 rings (SSSR count). The number of hydrogen-bond donors (Lipinski definition) is 0. The molecule has 0 aromatic heterocycles. The van der Waals surface area contributed by atoms with Gasteiger partial charge in [-0.15, -0.1) is 0 Å². The molecule has 0 radical (unpaired) electrons. The number of carbonyl (C=O) groups excluding carboxylic acids is 1. The second-order valence-electron chi connectivity index (χ2n) is 6.16. The quantitative estimate of drug-likeness (QED) is 0.736. The van der Waals surface area contributed by atoms with E-state index >= 15 is 0 Å². The van der Waals surface area contributed by atoms with Crippen molar-refractivity contribution in [1.29, 1.82) is 0 Å². The molecule has 0 atom stereocenters. The van der Waals surface area contributed by atoms with Gasteiger partial charge in [-0.1, -0.05) is 23.9 Å². The molecule has 6 heteroatoms. The number of benzene rings is 2. The summed E-state index contributed by atoms with van der Waals surface area (Å²) in [5, 5.41) is 0.806. The number of methoxy groups -OCH3 is 1. The van der Waals surface area contributed by atoms with Gasteiger partial charge in [-0.05, 0) is 43.2 Å². The third-order valence-corrected chi connectivity index (χ3v) is 5.23. The molecule has 136 valence electrons. The van der Waals surface area contributed by atoms with Gasteiger partial charge in [0.25, 0.3) is 0 Å². The number of ether oxygens (including phenoxy) is 1. The summed E-state index contributed by atoms with van der Waals surface area (Å²) in [6, 6.07) is 10.4. The van der Waals surface area contributed by atoms with E-state index in [4.69, 9.17) is 4.74 Å². The third kappa shape index (κ3) is 3.90. The average molecular weight is 372 g/mol. The molecule has 2 aromatic carbocycles. The van der Waals surface area contributed by atoms with Crippen LogP contribution in [0.5, 0.6) is 5.75 Å². The molecule has 1 aliphatic rings. The van der Waals surface area contributed by atoms with E-state index in [0.29, 0.717) is 5.75 Å². The van der Waals surface area contributed by atoms with Crippen molar-refractivity contribution in [3.8, 4) is 5.75 Å². The van der Waals surface area contributed by atoms with Crippen LogP contribution in [0.4, 0.5) is 10.1 Å². The highest BCUT2D eigenvalue weighted by molar-refractivity contribution is 8.14. The van der Waals surface area contributed by atoms with Crippen molar-refractivity contribution < 1.29 is 13.9 Å². The zero-order valence-electron chi connectivity index (χ0n) is 15.1. The van der Waals surface area contributed by atoms with Gasteiger partial charge in [-0.25, -0.2) is 4.39 Å². The Balaban J connectivity index is 1.93. The molecule has 0 unspecified atom stereocenters. The van der Waals surface area contributed by atoms with Gasteiger partial charge in [0.05, 0.1) is 25.8 Å². The largest absolute Gasteiger partial charge is 0.497 e. The first-order valence-electron chi connectivity index (χ1n) is 8.38. The number of halogens is 1. The number of amidine groups is 1. The molecule has 0 amide bonds. The summed E-state index contributed by atoms with van der Waals surface area (Å²) in [5.74, 6) is 0.417. The first-order valence-corrected chi connectivity index (χ1v) is 9.37. The normalized spacial score (nSPS) is 13.5. The Morgan fingerprint density at radius 2 is 2.08 bits per heavy atom. The Bertz CT molecular complexity index is 867. The van der Waals surface area contributed by atoms with Gasteiger partial charge < -0.3 is 9.64 Å². The molecule has 0 aliphatic carbocycles. The van der Waals surface area contributed by atoms with Crippen LogP contribution in [0.25, 0.3) is 0 Å². The summed E-state index contributed by atoms with van der Waals surface area (Å²) in [7, 11) is 1.47. The van der Waals surface area contributed by atoms with Crippen LogP contribution in [0.1, 0.15) is 21.5 Å². The van der Waals surface area contributed by atoms with Gasteiger partial charge in [-0.3, -0.25) is 9.79 Å². The van der Waals surface area contributed by atoms with Crippen molar-refractivity contribution in [3.05, 3.63) is 58.9 Å². The molecule has 0 spiro atoms. The second kappa shape index (κ2) is 7.91. The number of thioether (sulfide) groups is 1. The molecule has 1 heterocycles. The van der Waals surface area contributed by atoms with E-state index in [-0.39, 0.29) is 17.9 Å². The van der Waals surface area contributed by atoms with Gasteiger partial charge in [0.1, 0.15) is 11.6 Å². The van der Waals surface area contributed by atoms with Gasteiger partial charge >= 0.3 is 0 Å². The van der Waals surface area contributed by atoms with Crippen molar-refractivity contribution >= 4 is 28.4 Å². The SMILES string of the molecule is COc1ccc(C(=O)CN(C2=NCCS2)c2cc(C)ccc2C)c(F)c1. The fraction of sp³-hybridized carbons (Fsp3) is 0.300. The van der Waals surface area contributed by atoms with Crippen LogP contribution in [0, 0.1) is 19.7 Å². The standard InChI is InChI=1S/C20H21FN2O2S/c1-13-4-5-14(2)18(10-13)23(20-22-8-9-26-20)12-19(24)16-7-6-15(25-3)11-17(16)21/h4-7,10-11H,8-9,12H2,1-3H3. The molecule has 1 aliphatic heterocycles. The number of carbonyl (C=O) groups is 1. The number of hydrogen-bond acceptors (Lipinski definition) is 5. The summed E-state index contributed by atoms with van der Waals surface area (Å²) in [6.07, 6.45) is 0. The van der Waals surface area contributed by atoms with E-state index in [1.165, 1.54) is 19.2 Å². The molecule has 0 saturated heterocycles. The molecule has 0 N–H and O–H groups in total. The lowest BCUT2D eigenvalue weighted by molar-refractivity contribution is 0.0998. The van der Waals surface area contributed by atoms with E-state index < -0.39 is 5.82 Å². The summed E-state index contributed by atoms with van der Waals surface area (Å²) in [5.41, 5.74) is 3.14. The van der Waals surface area contributed by atoms with Crippen LogP contribution in [0.15, 0.2) is 41.4 Å². The van der Waals surface area contributed by atoms with Crippen LogP contribution in [-0.2, 0) is 0 Å².